The Balaban J connectivity index is 1.23. The molecule has 2 heterocycles. The fourth-order valence-electron chi connectivity index (χ4n) is 4.48. The SMILES string of the molecule is [2H]OC[C@H]1O[C@@H](n2ccc(NC(=O)OCC3c4ccccc4-c4ccccc43)nc2=O)CC1O. The highest BCUT2D eigenvalue weighted by Crippen LogP contribution is 2.44. The second-order valence-electron chi connectivity index (χ2n) is 8.05. The lowest BCUT2D eigenvalue weighted by Gasteiger charge is -2.15. The summed E-state index contributed by atoms with van der Waals surface area (Å²) >= 11 is 0. The number of rotatable bonds is 6. The summed E-state index contributed by atoms with van der Waals surface area (Å²) in [5.74, 6) is -0.0336. The highest BCUT2D eigenvalue weighted by atomic mass is 16.6. The van der Waals surface area contributed by atoms with E-state index in [0.29, 0.717) is 0 Å². The molecule has 1 aliphatic heterocycles. The van der Waals surface area contributed by atoms with Gasteiger partial charge in [0.15, 0.2) is 0 Å². The maximum absolute atomic E-state index is 12.5. The average Bonchev–Trinajstić information content (AvgIpc) is 3.35. The standard InChI is InChI=1S/C24H23N3O6/c28-12-20-19(29)11-22(33-20)27-10-9-21(25-23(27)30)26-24(31)32-13-18-16-7-3-1-5-14(16)15-6-2-4-8-17(15)18/h1-10,18-20,22,28-29H,11-13H2,(H,25,26,30,31)/t19?,20-,22-/m1/s1/i28D. The fraction of sp³-hybridized carbons (Fsp3) is 0.292. The van der Waals surface area contributed by atoms with Gasteiger partial charge in [0.25, 0.3) is 0 Å². The van der Waals surface area contributed by atoms with Crippen LogP contribution in [-0.2, 0) is 9.47 Å². The van der Waals surface area contributed by atoms with E-state index in [-0.39, 0.29) is 31.4 Å². The number of anilines is 1. The van der Waals surface area contributed by atoms with E-state index in [2.05, 4.69) is 27.5 Å². The molecule has 33 heavy (non-hydrogen) atoms. The van der Waals surface area contributed by atoms with E-state index in [4.69, 9.17) is 10.9 Å². The largest absolute Gasteiger partial charge is 0.448 e. The van der Waals surface area contributed by atoms with E-state index in [1.54, 1.807) is 0 Å². The van der Waals surface area contributed by atoms with Crippen molar-refractivity contribution in [2.24, 2.45) is 0 Å². The average molecular weight is 450 g/mol. The minimum absolute atomic E-state index is 0.0445. The van der Waals surface area contributed by atoms with Crippen LogP contribution in [0.5, 0.6) is 0 Å². The molecule has 0 radical (unpaired) electrons. The van der Waals surface area contributed by atoms with Crippen LogP contribution in [0.4, 0.5) is 10.6 Å². The monoisotopic (exact) mass is 450 g/mol. The first-order chi connectivity index (χ1) is 16.5. The van der Waals surface area contributed by atoms with Crippen LogP contribution in [0, 0.1) is 0 Å². The molecule has 3 N–H and O–H groups in total. The number of carbonyl (C=O) groups is 1. The molecule has 170 valence electrons. The lowest BCUT2D eigenvalue weighted by Crippen LogP contribution is -2.29. The number of carbonyl (C=O) groups excluding carboxylic acids is 1. The molecule has 0 bridgehead atoms. The van der Waals surface area contributed by atoms with Gasteiger partial charge in [0.1, 0.15) is 24.8 Å². The Morgan fingerprint density at radius 2 is 1.88 bits per heavy atom. The van der Waals surface area contributed by atoms with Gasteiger partial charge in [-0.15, -0.1) is 0 Å². The van der Waals surface area contributed by atoms with E-state index < -0.39 is 30.2 Å². The lowest BCUT2D eigenvalue weighted by atomic mass is 9.98. The van der Waals surface area contributed by atoms with Crippen LogP contribution in [0.15, 0.2) is 65.6 Å². The number of aromatic nitrogens is 2. The summed E-state index contributed by atoms with van der Waals surface area (Å²) in [4.78, 5) is 28.8. The summed E-state index contributed by atoms with van der Waals surface area (Å²) in [5.41, 5.74) is 3.82. The van der Waals surface area contributed by atoms with Crippen molar-refractivity contribution in [2.75, 3.05) is 18.5 Å². The van der Waals surface area contributed by atoms with Crippen LogP contribution < -0.4 is 11.0 Å². The third kappa shape index (κ3) is 4.02. The predicted molar refractivity (Wildman–Crippen MR) is 119 cm³/mol. The van der Waals surface area contributed by atoms with E-state index in [1.807, 2.05) is 36.4 Å². The molecule has 0 spiro atoms. The van der Waals surface area contributed by atoms with Crippen LogP contribution >= 0.6 is 0 Å². The molecule has 1 fully saturated rings. The fourth-order valence-corrected chi connectivity index (χ4v) is 4.48. The Hall–Kier alpha value is -3.53. The Labute approximate surface area is 190 Å². The number of benzene rings is 2. The molecule has 9 heteroatoms. The quantitative estimate of drug-likeness (QED) is 0.526. The van der Waals surface area contributed by atoms with E-state index in [9.17, 15) is 14.7 Å². The van der Waals surface area contributed by atoms with Crippen LogP contribution in [0.2, 0.25) is 0 Å². The highest BCUT2D eigenvalue weighted by molar-refractivity contribution is 5.83. The number of nitrogens with zero attached hydrogens (tertiary/aromatic N) is 2. The van der Waals surface area contributed by atoms with Crippen molar-refractivity contribution in [3.8, 4) is 11.1 Å². The molecule has 1 unspecified atom stereocenters. The van der Waals surface area contributed by atoms with Crippen molar-refractivity contribution in [3.63, 3.8) is 0 Å². The number of hydrogen-bond acceptors (Lipinski definition) is 7. The second-order valence-corrected chi connectivity index (χ2v) is 8.05. The zero-order valence-electron chi connectivity index (χ0n) is 18.6. The summed E-state index contributed by atoms with van der Waals surface area (Å²) in [5, 5.41) is 16.8. The van der Waals surface area contributed by atoms with Gasteiger partial charge in [-0.05, 0) is 28.3 Å². The van der Waals surface area contributed by atoms with Crippen molar-refractivity contribution >= 4 is 11.9 Å². The zero-order chi connectivity index (χ0) is 23.7. The lowest BCUT2D eigenvalue weighted by molar-refractivity contribution is -0.0458. The number of aliphatic hydroxyl groups excluding tert-OH is 2. The van der Waals surface area contributed by atoms with Crippen LogP contribution in [0.3, 0.4) is 0 Å². The maximum atomic E-state index is 12.5. The van der Waals surface area contributed by atoms with Crippen molar-refractivity contribution in [2.45, 2.75) is 30.8 Å². The number of aliphatic hydroxyl groups is 2. The molecule has 0 saturated carbocycles. The van der Waals surface area contributed by atoms with Crippen molar-refractivity contribution in [1.82, 2.24) is 9.55 Å². The number of nitrogens with one attached hydrogen (secondary N) is 1. The van der Waals surface area contributed by atoms with Crippen molar-refractivity contribution < 1.29 is 24.5 Å². The Morgan fingerprint density at radius 3 is 2.55 bits per heavy atom. The minimum atomic E-state index is -0.860. The smallest absolute Gasteiger partial charge is 0.412 e. The van der Waals surface area contributed by atoms with Crippen LogP contribution in [0.1, 0.15) is 29.7 Å². The summed E-state index contributed by atoms with van der Waals surface area (Å²) in [6.07, 6.45) is -1.43. The number of ether oxygens (including phenoxy) is 2. The van der Waals surface area contributed by atoms with Gasteiger partial charge in [-0.25, -0.2) is 9.59 Å². The van der Waals surface area contributed by atoms with E-state index >= 15 is 0 Å². The van der Waals surface area contributed by atoms with Gasteiger partial charge >= 0.3 is 11.8 Å². The van der Waals surface area contributed by atoms with E-state index in [0.717, 1.165) is 22.3 Å². The van der Waals surface area contributed by atoms with Gasteiger partial charge in [-0.2, -0.15) is 4.98 Å². The Morgan fingerprint density at radius 1 is 1.18 bits per heavy atom. The maximum Gasteiger partial charge on any atom is 0.412 e. The second kappa shape index (κ2) is 8.78. The normalized spacial score (nSPS) is 21.8. The molecule has 3 aromatic rings. The van der Waals surface area contributed by atoms with Crippen molar-refractivity contribution in [3.05, 3.63) is 82.4 Å². The summed E-state index contributed by atoms with van der Waals surface area (Å²) in [6.45, 7) is 0.0332. The molecular weight excluding hydrogens is 426 g/mol. The van der Waals surface area contributed by atoms with Gasteiger partial charge in [-0.3, -0.25) is 9.88 Å². The van der Waals surface area contributed by atoms with Gasteiger partial charge < -0.3 is 19.7 Å². The van der Waals surface area contributed by atoms with E-state index in [1.165, 1.54) is 16.8 Å². The first-order valence-electron chi connectivity index (χ1n) is 11.1. The Bertz CT molecular complexity index is 1220. The number of fused-ring (bicyclic) bond motifs is 3. The molecule has 2 aliphatic rings. The van der Waals surface area contributed by atoms with Gasteiger partial charge in [0, 0.05) is 18.5 Å². The topological polar surface area (TPSA) is 123 Å². The molecule has 9 nitrogen and oxygen atoms in total. The minimum Gasteiger partial charge on any atom is -0.448 e. The molecule has 2 aromatic carbocycles. The van der Waals surface area contributed by atoms with Crippen LogP contribution in [0.25, 0.3) is 11.1 Å². The molecule has 1 aromatic heterocycles. The third-order valence-electron chi connectivity index (χ3n) is 6.08. The Kier molecular flexibility index (Phi) is 5.35. The van der Waals surface area contributed by atoms with Gasteiger partial charge in [0.2, 0.25) is 1.43 Å². The predicted octanol–water partition coefficient (Wildman–Crippen LogP) is 2.25. The first kappa shape index (κ1) is 20.1. The van der Waals surface area contributed by atoms with Crippen molar-refractivity contribution in [1.29, 1.82) is 1.43 Å². The van der Waals surface area contributed by atoms with Crippen LogP contribution in [-0.4, -0.2) is 52.7 Å². The molecular formula is C24H23N3O6. The molecule has 5 rings (SSSR count). The molecule has 3 atom stereocenters. The third-order valence-corrected chi connectivity index (χ3v) is 6.08. The number of amides is 1. The summed E-state index contributed by atoms with van der Waals surface area (Å²) < 4.78 is 19.1. The highest BCUT2D eigenvalue weighted by Gasteiger charge is 2.35. The molecule has 1 amide bonds. The van der Waals surface area contributed by atoms with Gasteiger partial charge in [-0.1, -0.05) is 48.5 Å². The summed E-state index contributed by atoms with van der Waals surface area (Å²) in [6, 6.07) is 17.5. The van der Waals surface area contributed by atoms with Gasteiger partial charge in [0.05, 0.1) is 12.7 Å². The summed E-state index contributed by atoms with van der Waals surface area (Å²) in [7, 11) is 0. The molecule has 1 saturated heterocycles. The first-order valence-corrected chi connectivity index (χ1v) is 10.7. The zero-order valence-corrected chi connectivity index (χ0v) is 17.6. The number of hydrogen-bond donors (Lipinski definition) is 3. The molecule has 1 aliphatic carbocycles.